The van der Waals surface area contributed by atoms with Crippen molar-refractivity contribution in [1.82, 2.24) is 5.32 Å². The normalized spacial score (nSPS) is 14.2. The van der Waals surface area contributed by atoms with Crippen LogP contribution in [-0.4, -0.2) is 13.1 Å². The Morgan fingerprint density at radius 3 is 1.50 bits per heavy atom. The molecule has 0 amide bonds. The molecule has 4 aromatic rings. The quantitative estimate of drug-likeness (QED) is 0.193. The fourth-order valence-electron chi connectivity index (χ4n) is 5.27. The Morgan fingerprint density at radius 1 is 0.543 bits per heavy atom. The molecular formula is C34H26F9NO2. The number of rotatable bonds is 8. The summed E-state index contributed by atoms with van der Waals surface area (Å²) in [5, 5.41) is 3.14. The first-order chi connectivity index (χ1) is 21.7. The van der Waals surface area contributed by atoms with Gasteiger partial charge in [-0.05, 0) is 88.8 Å². The minimum absolute atomic E-state index is 0.0154. The van der Waals surface area contributed by atoms with Crippen LogP contribution in [0.25, 0.3) is 16.7 Å². The van der Waals surface area contributed by atoms with E-state index in [-0.39, 0.29) is 22.3 Å². The molecule has 5 rings (SSSR count). The van der Waals surface area contributed by atoms with E-state index in [1.165, 1.54) is 54.6 Å². The second-order valence-electron chi connectivity index (χ2n) is 10.5. The highest BCUT2D eigenvalue weighted by atomic mass is 19.4. The lowest BCUT2D eigenvalue weighted by Crippen LogP contribution is -2.20. The van der Waals surface area contributed by atoms with E-state index in [1.807, 2.05) is 6.08 Å². The summed E-state index contributed by atoms with van der Waals surface area (Å²) in [7, 11) is 0. The summed E-state index contributed by atoms with van der Waals surface area (Å²) in [5.41, 5.74) is -1.72. The zero-order valence-corrected chi connectivity index (χ0v) is 23.9. The SMILES string of the molecule is FC(F)(F)c1ccccc1OCc1cc(-c2ccccc2C(F)(F)F)c(COc2ccccc2C(F)(F)F)cc1C1=CCNCC1. The molecule has 1 N–H and O–H groups in total. The maximum Gasteiger partial charge on any atom is 0.419 e. The number of halogens is 9. The van der Waals surface area contributed by atoms with Crippen molar-refractivity contribution in [3.63, 3.8) is 0 Å². The van der Waals surface area contributed by atoms with Crippen LogP contribution in [0.4, 0.5) is 39.5 Å². The number of para-hydroxylation sites is 2. The van der Waals surface area contributed by atoms with E-state index < -0.39 is 59.9 Å². The average Bonchev–Trinajstić information content (AvgIpc) is 3.02. The number of nitrogens with one attached hydrogen (secondary N) is 1. The smallest absolute Gasteiger partial charge is 0.419 e. The van der Waals surface area contributed by atoms with E-state index in [0.717, 1.165) is 35.9 Å². The van der Waals surface area contributed by atoms with Crippen molar-refractivity contribution < 1.29 is 49.0 Å². The fourth-order valence-corrected chi connectivity index (χ4v) is 5.27. The maximum absolute atomic E-state index is 14.2. The van der Waals surface area contributed by atoms with Gasteiger partial charge in [-0.2, -0.15) is 39.5 Å². The van der Waals surface area contributed by atoms with Crippen molar-refractivity contribution in [2.24, 2.45) is 0 Å². The zero-order chi connectivity index (χ0) is 33.1. The van der Waals surface area contributed by atoms with Crippen molar-refractivity contribution >= 4 is 5.57 Å². The highest BCUT2D eigenvalue weighted by molar-refractivity contribution is 5.78. The van der Waals surface area contributed by atoms with Gasteiger partial charge in [0.2, 0.25) is 0 Å². The highest BCUT2D eigenvalue weighted by Crippen LogP contribution is 2.42. The predicted molar refractivity (Wildman–Crippen MR) is 154 cm³/mol. The minimum atomic E-state index is -4.80. The Hall–Kier alpha value is -4.45. The molecule has 4 aromatic carbocycles. The molecule has 242 valence electrons. The van der Waals surface area contributed by atoms with Gasteiger partial charge in [-0.15, -0.1) is 0 Å². The third-order valence-electron chi connectivity index (χ3n) is 7.41. The topological polar surface area (TPSA) is 30.5 Å². The first-order valence-electron chi connectivity index (χ1n) is 14.0. The second kappa shape index (κ2) is 13.1. The molecule has 0 radical (unpaired) electrons. The van der Waals surface area contributed by atoms with Gasteiger partial charge in [0.15, 0.2) is 0 Å². The molecule has 1 aliphatic heterocycles. The van der Waals surface area contributed by atoms with Crippen molar-refractivity contribution in [1.29, 1.82) is 0 Å². The molecule has 12 heteroatoms. The van der Waals surface area contributed by atoms with Crippen molar-refractivity contribution in [2.45, 2.75) is 38.2 Å². The van der Waals surface area contributed by atoms with Gasteiger partial charge in [0.25, 0.3) is 0 Å². The van der Waals surface area contributed by atoms with Crippen LogP contribution in [0.2, 0.25) is 0 Å². The summed E-state index contributed by atoms with van der Waals surface area (Å²) in [6, 6.07) is 16.6. The van der Waals surface area contributed by atoms with Gasteiger partial charge in [0, 0.05) is 6.54 Å². The molecule has 46 heavy (non-hydrogen) atoms. The molecule has 0 spiro atoms. The van der Waals surface area contributed by atoms with Gasteiger partial charge < -0.3 is 14.8 Å². The van der Waals surface area contributed by atoms with Gasteiger partial charge in [-0.3, -0.25) is 0 Å². The molecule has 0 aromatic heterocycles. The summed E-state index contributed by atoms with van der Waals surface area (Å²) < 4.78 is 136. The largest absolute Gasteiger partial charge is 0.488 e. The number of alkyl halides is 9. The summed E-state index contributed by atoms with van der Waals surface area (Å²) in [5.74, 6) is -0.975. The van der Waals surface area contributed by atoms with Gasteiger partial charge in [-0.1, -0.05) is 48.5 Å². The summed E-state index contributed by atoms with van der Waals surface area (Å²) in [6.45, 7) is 0.0279. The first kappa shape index (κ1) is 32.9. The molecule has 1 aliphatic rings. The van der Waals surface area contributed by atoms with Crippen molar-refractivity contribution in [3.8, 4) is 22.6 Å². The van der Waals surface area contributed by atoms with E-state index in [0.29, 0.717) is 25.1 Å². The monoisotopic (exact) mass is 651 g/mol. The molecule has 0 unspecified atom stereocenters. The van der Waals surface area contributed by atoms with Crippen molar-refractivity contribution in [2.75, 3.05) is 13.1 Å². The van der Waals surface area contributed by atoms with Crippen LogP contribution < -0.4 is 14.8 Å². The van der Waals surface area contributed by atoms with Crippen LogP contribution in [0, 0.1) is 0 Å². The molecule has 0 bridgehead atoms. The summed E-state index contributed by atoms with van der Waals surface area (Å²) in [4.78, 5) is 0. The van der Waals surface area contributed by atoms with E-state index in [4.69, 9.17) is 9.47 Å². The third kappa shape index (κ3) is 7.50. The van der Waals surface area contributed by atoms with Crippen LogP contribution >= 0.6 is 0 Å². The molecule has 0 aliphatic carbocycles. The molecule has 0 fully saturated rings. The van der Waals surface area contributed by atoms with Gasteiger partial charge >= 0.3 is 18.5 Å². The number of hydrogen-bond donors (Lipinski definition) is 1. The van der Waals surface area contributed by atoms with Crippen LogP contribution in [0.3, 0.4) is 0 Å². The average molecular weight is 652 g/mol. The molecule has 0 saturated carbocycles. The number of hydrogen-bond acceptors (Lipinski definition) is 3. The van der Waals surface area contributed by atoms with E-state index in [1.54, 1.807) is 0 Å². The standard InChI is InChI=1S/C34H26F9NO2/c35-32(36,37)27-8-2-1-7-24(27)26-18-22(19-45-30-11-5-3-9-28(30)33(38,39)40)25(21-13-15-44-16-14-21)17-23(26)20-46-31-12-6-4-10-29(31)34(41,42)43/h1-13,17-18,44H,14-16,19-20H2. The second-order valence-corrected chi connectivity index (χ2v) is 10.5. The van der Waals surface area contributed by atoms with Crippen molar-refractivity contribution in [3.05, 3.63) is 124 Å². The Morgan fingerprint density at radius 2 is 1.00 bits per heavy atom. The van der Waals surface area contributed by atoms with Gasteiger partial charge in [0.1, 0.15) is 24.7 Å². The fraction of sp³-hybridized carbons (Fsp3) is 0.235. The van der Waals surface area contributed by atoms with E-state index >= 15 is 0 Å². The summed E-state index contributed by atoms with van der Waals surface area (Å²) in [6.07, 6.45) is -12.0. The lowest BCUT2D eigenvalue weighted by molar-refractivity contribution is -0.139. The lowest BCUT2D eigenvalue weighted by atomic mass is 9.87. The Kier molecular flexibility index (Phi) is 9.39. The zero-order valence-electron chi connectivity index (χ0n) is 23.9. The molecule has 1 heterocycles. The van der Waals surface area contributed by atoms with Crippen LogP contribution in [0.15, 0.2) is 91.0 Å². The van der Waals surface area contributed by atoms with E-state index in [9.17, 15) is 39.5 Å². The van der Waals surface area contributed by atoms with Crippen LogP contribution in [0.1, 0.15) is 39.8 Å². The van der Waals surface area contributed by atoms with Gasteiger partial charge in [0.05, 0.1) is 16.7 Å². The van der Waals surface area contributed by atoms with E-state index in [2.05, 4.69) is 5.32 Å². The first-order valence-corrected chi connectivity index (χ1v) is 14.0. The lowest BCUT2D eigenvalue weighted by Gasteiger charge is -2.23. The molecule has 0 atom stereocenters. The third-order valence-corrected chi connectivity index (χ3v) is 7.41. The Labute approximate surface area is 258 Å². The maximum atomic E-state index is 14.2. The summed E-state index contributed by atoms with van der Waals surface area (Å²) >= 11 is 0. The Balaban J connectivity index is 1.66. The highest BCUT2D eigenvalue weighted by Gasteiger charge is 2.36. The number of benzene rings is 4. The van der Waals surface area contributed by atoms with Crippen LogP contribution in [-0.2, 0) is 31.7 Å². The minimum Gasteiger partial charge on any atom is -0.488 e. The van der Waals surface area contributed by atoms with Crippen LogP contribution in [0.5, 0.6) is 11.5 Å². The molecular weight excluding hydrogens is 625 g/mol. The molecule has 0 saturated heterocycles. The van der Waals surface area contributed by atoms with Gasteiger partial charge in [-0.25, -0.2) is 0 Å². The number of ether oxygens (including phenoxy) is 2. The predicted octanol–water partition coefficient (Wildman–Crippen LogP) is 9.94. The Bertz CT molecular complexity index is 1720. The molecule has 3 nitrogen and oxygen atoms in total.